The Hall–Kier alpha value is -2.56. The maximum absolute atomic E-state index is 13.2. The van der Waals surface area contributed by atoms with Crippen LogP contribution in [0.3, 0.4) is 0 Å². The molecule has 4 nitrogen and oxygen atoms in total. The Morgan fingerprint density at radius 3 is 1.93 bits per heavy atom. The molecule has 1 aromatic heterocycles. The van der Waals surface area contributed by atoms with Crippen molar-refractivity contribution in [1.29, 1.82) is 0 Å². The van der Waals surface area contributed by atoms with Gasteiger partial charge in [-0.3, -0.25) is 0 Å². The minimum atomic E-state index is -0.250. The summed E-state index contributed by atoms with van der Waals surface area (Å²) in [6.07, 6.45) is 2.54. The van der Waals surface area contributed by atoms with Crippen LogP contribution in [0.4, 0.5) is 10.3 Å². The number of halogens is 1. The molecule has 1 heterocycles. The van der Waals surface area contributed by atoms with E-state index in [1.54, 1.807) is 12.1 Å². The second kappa shape index (κ2) is 15.5. The summed E-state index contributed by atoms with van der Waals surface area (Å²) in [6.45, 7) is 18.1. The molecule has 0 saturated heterocycles. The summed E-state index contributed by atoms with van der Waals surface area (Å²) in [5.41, 5.74) is 3.81. The van der Waals surface area contributed by atoms with Gasteiger partial charge in [-0.1, -0.05) is 47.6 Å². The van der Waals surface area contributed by atoms with Crippen LogP contribution in [-0.4, -0.2) is 30.9 Å². The van der Waals surface area contributed by atoms with Crippen molar-refractivity contribution in [2.24, 2.45) is 0 Å². The van der Waals surface area contributed by atoms with Crippen LogP contribution in [0.1, 0.15) is 58.7 Å². The van der Waals surface area contributed by atoms with Gasteiger partial charge < -0.3 is 9.69 Å². The lowest BCUT2D eigenvalue weighted by Crippen LogP contribution is -2.16. The topological polar surface area (TPSA) is 46.1 Å². The summed E-state index contributed by atoms with van der Waals surface area (Å²) in [6, 6.07) is 6.43. The van der Waals surface area contributed by atoms with E-state index in [-0.39, 0.29) is 11.7 Å². The molecule has 28 heavy (non-hydrogen) atoms. The molecule has 0 amide bonds. The van der Waals surface area contributed by atoms with Crippen molar-refractivity contribution < 1.29 is 9.18 Å². The molecule has 0 radical (unpaired) electrons. The molecule has 5 heteroatoms. The van der Waals surface area contributed by atoms with E-state index in [0.29, 0.717) is 12.4 Å². The Morgan fingerprint density at radius 2 is 1.54 bits per heavy atom. The summed E-state index contributed by atoms with van der Waals surface area (Å²) < 4.78 is 13.2. The first kappa shape index (κ1) is 27.7. The minimum Gasteiger partial charge on any atom is -0.347 e. The molecule has 0 atom stereocenters. The first-order valence-electron chi connectivity index (χ1n) is 9.67. The number of hydrogen-bond donors (Lipinski definition) is 0. The van der Waals surface area contributed by atoms with Gasteiger partial charge in [0.05, 0.1) is 11.4 Å². The minimum absolute atomic E-state index is 0.250. The van der Waals surface area contributed by atoms with Crippen molar-refractivity contribution in [3.8, 4) is 11.3 Å². The van der Waals surface area contributed by atoms with Gasteiger partial charge in [-0.05, 0) is 36.6 Å². The van der Waals surface area contributed by atoms with Crippen molar-refractivity contribution in [2.75, 3.05) is 19.0 Å². The number of nitrogens with zero attached hydrogens (tertiary/aromatic N) is 3. The second-order valence-electron chi connectivity index (χ2n) is 5.78. The van der Waals surface area contributed by atoms with E-state index in [2.05, 4.69) is 30.4 Å². The van der Waals surface area contributed by atoms with Crippen LogP contribution in [0.25, 0.3) is 11.3 Å². The standard InChI is InChI=1S/C18H22FN3.2C2H6.CH2O/c1-6-7-15-16(12(2)3)20-18(22(4)5)21-17(15)13-8-10-14(19)11-9-13;3*1-2/h6,8-12H,1,7H2,2-5H3;2*1-2H3;1H2. The van der Waals surface area contributed by atoms with Gasteiger partial charge >= 0.3 is 0 Å². The number of anilines is 1. The number of rotatable bonds is 5. The van der Waals surface area contributed by atoms with Gasteiger partial charge in [0, 0.05) is 25.2 Å². The molecule has 156 valence electrons. The molecule has 0 aliphatic carbocycles. The van der Waals surface area contributed by atoms with Crippen LogP contribution < -0.4 is 4.90 Å². The molecule has 0 saturated carbocycles. The van der Waals surface area contributed by atoms with Crippen molar-refractivity contribution in [2.45, 2.75) is 53.9 Å². The van der Waals surface area contributed by atoms with Crippen LogP contribution in [0.5, 0.6) is 0 Å². The molecular formula is C23H36FN3O. The van der Waals surface area contributed by atoms with Crippen molar-refractivity contribution in [3.63, 3.8) is 0 Å². The molecule has 0 spiro atoms. The third-order valence-electron chi connectivity index (χ3n) is 3.44. The highest BCUT2D eigenvalue weighted by Crippen LogP contribution is 2.30. The van der Waals surface area contributed by atoms with Crippen molar-refractivity contribution in [3.05, 3.63) is 54.0 Å². The maximum atomic E-state index is 13.2. The Labute approximate surface area is 170 Å². The summed E-state index contributed by atoms with van der Waals surface area (Å²) in [5.74, 6) is 0.687. The van der Waals surface area contributed by atoms with E-state index in [9.17, 15) is 4.39 Å². The molecule has 0 aliphatic heterocycles. The second-order valence-corrected chi connectivity index (χ2v) is 5.78. The fourth-order valence-electron chi connectivity index (χ4n) is 2.36. The number of hydrogen-bond acceptors (Lipinski definition) is 4. The summed E-state index contributed by atoms with van der Waals surface area (Å²) in [5, 5.41) is 0. The summed E-state index contributed by atoms with van der Waals surface area (Å²) in [7, 11) is 3.84. The van der Waals surface area contributed by atoms with E-state index in [0.717, 1.165) is 22.5 Å². The van der Waals surface area contributed by atoms with Crippen LogP contribution in [-0.2, 0) is 11.2 Å². The lowest BCUT2D eigenvalue weighted by Gasteiger charge is -2.19. The third kappa shape index (κ3) is 7.99. The summed E-state index contributed by atoms with van der Waals surface area (Å²) >= 11 is 0. The zero-order valence-corrected chi connectivity index (χ0v) is 18.7. The zero-order valence-electron chi connectivity index (χ0n) is 18.7. The van der Waals surface area contributed by atoms with Gasteiger partial charge in [-0.25, -0.2) is 14.4 Å². The SMILES string of the molecule is C=CCc1c(-c2ccc(F)cc2)nc(N(C)C)nc1C(C)C.C=O.CC.CC. The van der Waals surface area contributed by atoms with E-state index in [4.69, 9.17) is 4.79 Å². The lowest BCUT2D eigenvalue weighted by molar-refractivity contribution is -0.0979. The summed E-state index contributed by atoms with van der Waals surface area (Å²) in [4.78, 5) is 19.3. The van der Waals surface area contributed by atoms with Gasteiger partial charge in [0.25, 0.3) is 0 Å². The molecule has 0 fully saturated rings. The Kier molecular flexibility index (Phi) is 15.3. The number of benzene rings is 1. The Morgan fingerprint density at radius 1 is 1.04 bits per heavy atom. The largest absolute Gasteiger partial charge is 0.347 e. The molecule has 0 N–H and O–H groups in total. The molecule has 0 aliphatic rings. The number of aromatic nitrogens is 2. The predicted molar refractivity (Wildman–Crippen MR) is 120 cm³/mol. The number of carbonyl (C=O) groups excluding carboxylic acids is 1. The molecule has 2 aromatic rings. The van der Waals surface area contributed by atoms with Gasteiger partial charge in [0.1, 0.15) is 12.6 Å². The highest BCUT2D eigenvalue weighted by molar-refractivity contribution is 5.66. The average molecular weight is 390 g/mol. The van der Waals surface area contributed by atoms with Crippen molar-refractivity contribution >= 4 is 12.7 Å². The van der Waals surface area contributed by atoms with E-state index in [1.165, 1.54) is 12.1 Å². The normalized spacial score (nSPS) is 9.07. The van der Waals surface area contributed by atoms with E-state index in [1.807, 2.05) is 59.6 Å². The highest BCUT2D eigenvalue weighted by Gasteiger charge is 2.18. The predicted octanol–water partition coefficient (Wildman–Crippen LogP) is 6.07. The molecule has 0 unspecified atom stereocenters. The van der Waals surface area contributed by atoms with Gasteiger partial charge in [-0.15, -0.1) is 6.58 Å². The first-order chi connectivity index (χ1) is 13.4. The van der Waals surface area contributed by atoms with Crippen LogP contribution >= 0.6 is 0 Å². The average Bonchev–Trinajstić information content (AvgIpc) is 2.73. The fraction of sp³-hybridized carbons (Fsp3) is 0.435. The number of allylic oxidation sites excluding steroid dienone is 1. The highest BCUT2D eigenvalue weighted by atomic mass is 19.1. The maximum Gasteiger partial charge on any atom is 0.225 e. The quantitative estimate of drug-likeness (QED) is 0.582. The first-order valence-corrected chi connectivity index (χ1v) is 9.67. The van der Waals surface area contributed by atoms with Gasteiger partial charge in [-0.2, -0.15) is 0 Å². The van der Waals surface area contributed by atoms with E-state index < -0.39 is 0 Å². The monoisotopic (exact) mass is 389 g/mol. The van der Waals surface area contributed by atoms with Crippen molar-refractivity contribution in [1.82, 2.24) is 9.97 Å². The molecule has 0 bridgehead atoms. The fourth-order valence-corrected chi connectivity index (χ4v) is 2.36. The molecule has 1 aromatic carbocycles. The van der Waals surface area contributed by atoms with Gasteiger partial charge in [0.2, 0.25) is 5.95 Å². The van der Waals surface area contributed by atoms with Crippen LogP contribution in [0, 0.1) is 5.82 Å². The smallest absolute Gasteiger partial charge is 0.225 e. The number of carbonyl (C=O) groups is 1. The van der Waals surface area contributed by atoms with Crippen LogP contribution in [0.2, 0.25) is 0 Å². The Balaban J connectivity index is 0. The zero-order chi connectivity index (χ0) is 22.3. The van der Waals surface area contributed by atoms with Gasteiger partial charge in [0.15, 0.2) is 0 Å². The Bertz CT molecular complexity index is 683. The molecular weight excluding hydrogens is 353 g/mol. The van der Waals surface area contributed by atoms with E-state index >= 15 is 0 Å². The lowest BCUT2D eigenvalue weighted by atomic mass is 9.96. The molecule has 2 rings (SSSR count). The third-order valence-corrected chi connectivity index (χ3v) is 3.44. The van der Waals surface area contributed by atoms with Crippen LogP contribution in [0.15, 0.2) is 36.9 Å².